The van der Waals surface area contributed by atoms with Gasteiger partial charge in [0.05, 0.1) is 24.8 Å². The molecule has 1 atom stereocenters. The molecule has 0 aliphatic heterocycles. The Morgan fingerprint density at radius 3 is 2.36 bits per heavy atom. The maximum Gasteiger partial charge on any atom is 0.417 e. The molecule has 7 nitrogen and oxygen atoms in total. The minimum atomic E-state index is -4.59. The van der Waals surface area contributed by atoms with Crippen molar-refractivity contribution in [2.24, 2.45) is 0 Å². The number of benzene rings is 3. The van der Waals surface area contributed by atoms with E-state index in [9.17, 15) is 23.1 Å². The van der Waals surface area contributed by atoms with E-state index in [2.05, 4.69) is 15.5 Å². The number of halogens is 3. The number of aryl methyl sites for hydroxylation is 1. The highest BCUT2D eigenvalue weighted by atomic mass is 19.4. The number of aliphatic carboxylic acids is 1. The highest BCUT2D eigenvalue weighted by Crippen LogP contribution is 2.40. The monoisotopic (exact) mass is 497 g/mol. The standard InChI is InChI=1S/C26H22F3N3O4/c1-15-4-2-3-5-19(15)20-11-10-18(12-21(20)26(27,28)29)25-31-24(32-36-25)17-8-6-16(7-9-17)22(14-33)30-13-23(34)35/h2-12,22,30,33H,13-14H2,1H3,(H,34,35)/t22-/m1/s1. The molecule has 0 spiro atoms. The lowest BCUT2D eigenvalue weighted by Crippen LogP contribution is -2.29. The van der Waals surface area contributed by atoms with Gasteiger partial charge in [0.25, 0.3) is 5.89 Å². The van der Waals surface area contributed by atoms with E-state index >= 15 is 0 Å². The van der Waals surface area contributed by atoms with E-state index in [1.165, 1.54) is 12.1 Å². The Labute approximate surface area is 204 Å². The maximum absolute atomic E-state index is 13.9. The van der Waals surface area contributed by atoms with Crippen molar-refractivity contribution in [2.75, 3.05) is 13.2 Å². The van der Waals surface area contributed by atoms with Gasteiger partial charge >= 0.3 is 12.1 Å². The van der Waals surface area contributed by atoms with Crippen molar-refractivity contribution >= 4 is 5.97 Å². The second-order valence-electron chi connectivity index (χ2n) is 8.13. The minimum absolute atomic E-state index is 0.0627. The van der Waals surface area contributed by atoms with Crippen LogP contribution in [-0.2, 0) is 11.0 Å². The lowest BCUT2D eigenvalue weighted by atomic mass is 9.94. The summed E-state index contributed by atoms with van der Waals surface area (Å²) in [5, 5.41) is 24.9. The molecule has 36 heavy (non-hydrogen) atoms. The minimum Gasteiger partial charge on any atom is -0.480 e. The highest BCUT2D eigenvalue weighted by molar-refractivity contribution is 5.74. The third kappa shape index (κ3) is 5.45. The molecule has 3 aromatic carbocycles. The largest absolute Gasteiger partial charge is 0.480 e. The van der Waals surface area contributed by atoms with E-state index in [-0.39, 0.29) is 36.0 Å². The van der Waals surface area contributed by atoms with Crippen LogP contribution in [0.1, 0.15) is 22.7 Å². The first-order valence-electron chi connectivity index (χ1n) is 10.9. The van der Waals surface area contributed by atoms with Gasteiger partial charge in [-0.15, -0.1) is 0 Å². The summed E-state index contributed by atoms with van der Waals surface area (Å²) >= 11 is 0. The summed E-state index contributed by atoms with van der Waals surface area (Å²) in [6.07, 6.45) is -4.59. The summed E-state index contributed by atoms with van der Waals surface area (Å²) in [6, 6.07) is 16.8. The normalized spacial score (nSPS) is 12.5. The molecule has 4 rings (SSSR count). The Balaban J connectivity index is 1.62. The molecule has 0 unspecified atom stereocenters. The van der Waals surface area contributed by atoms with Crippen LogP contribution in [0.15, 0.2) is 71.3 Å². The number of hydrogen-bond donors (Lipinski definition) is 3. The molecule has 10 heteroatoms. The van der Waals surface area contributed by atoms with Gasteiger partial charge in [0.15, 0.2) is 0 Å². The van der Waals surface area contributed by atoms with E-state index < -0.39 is 23.8 Å². The van der Waals surface area contributed by atoms with Crippen LogP contribution in [0.5, 0.6) is 0 Å². The lowest BCUT2D eigenvalue weighted by molar-refractivity contribution is -0.137. The lowest BCUT2D eigenvalue weighted by Gasteiger charge is -2.15. The number of nitrogens with zero attached hydrogens (tertiary/aromatic N) is 2. The number of nitrogens with one attached hydrogen (secondary N) is 1. The first-order valence-corrected chi connectivity index (χ1v) is 10.9. The zero-order valence-corrected chi connectivity index (χ0v) is 19.1. The maximum atomic E-state index is 13.9. The number of alkyl halides is 3. The second-order valence-corrected chi connectivity index (χ2v) is 8.13. The second kappa shape index (κ2) is 10.3. The molecule has 0 fully saturated rings. The van der Waals surface area contributed by atoms with Crippen molar-refractivity contribution in [3.05, 3.63) is 83.4 Å². The van der Waals surface area contributed by atoms with Gasteiger partial charge in [0.1, 0.15) is 0 Å². The molecule has 0 bridgehead atoms. The Morgan fingerprint density at radius 1 is 1.03 bits per heavy atom. The van der Waals surface area contributed by atoms with Crippen LogP contribution in [0, 0.1) is 6.92 Å². The van der Waals surface area contributed by atoms with Crippen LogP contribution < -0.4 is 5.32 Å². The van der Waals surface area contributed by atoms with Gasteiger partial charge in [-0.1, -0.05) is 59.8 Å². The Morgan fingerprint density at radius 2 is 1.72 bits per heavy atom. The SMILES string of the molecule is Cc1ccccc1-c1ccc(-c2nc(-c3ccc([C@@H](CO)NCC(=O)O)cc3)no2)cc1C(F)(F)F. The highest BCUT2D eigenvalue weighted by Gasteiger charge is 2.34. The third-order valence-corrected chi connectivity index (χ3v) is 5.69. The van der Waals surface area contributed by atoms with Gasteiger partial charge in [-0.3, -0.25) is 10.1 Å². The van der Waals surface area contributed by atoms with Crippen molar-refractivity contribution in [1.29, 1.82) is 0 Å². The fourth-order valence-corrected chi connectivity index (χ4v) is 3.84. The van der Waals surface area contributed by atoms with Gasteiger partial charge in [0.2, 0.25) is 5.82 Å². The number of aliphatic hydroxyl groups excluding tert-OH is 1. The average molecular weight is 497 g/mol. The molecule has 3 N–H and O–H groups in total. The van der Waals surface area contributed by atoms with Gasteiger partial charge in [-0.05, 0) is 41.3 Å². The summed E-state index contributed by atoms with van der Waals surface area (Å²) in [5.74, 6) is -0.940. The number of aliphatic hydroxyl groups is 1. The first kappa shape index (κ1) is 25.1. The summed E-state index contributed by atoms with van der Waals surface area (Å²) in [5.41, 5.74) is 1.79. The Bertz CT molecular complexity index is 1370. The molecule has 0 saturated carbocycles. The van der Waals surface area contributed by atoms with E-state index in [1.54, 1.807) is 55.5 Å². The van der Waals surface area contributed by atoms with Gasteiger partial charge in [0, 0.05) is 11.1 Å². The zero-order chi connectivity index (χ0) is 25.9. The molecule has 0 saturated heterocycles. The first-order chi connectivity index (χ1) is 17.2. The van der Waals surface area contributed by atoms with Crippen molar-refractivity contribution in [2.45, 2.75) is 19.1 Å². The molecule has 186 valence electrons. The Hall–Kier alpha value is -4.02. The summed E-state index contributed by atoms with van der Waals surface area (Å²) in [4.78, 5) is 15.0. The fraction of sp³-hybridized carbons (Fsp3) is 0.192. The number of carbonyl (C=O) groups is 1. The van der Waals surface area contributed by atoms with Crippen molar-refractivity contribution in [3.8, 4) is 34.0 Å². The van der Waals surface area contributed by atoms with Gasteiger partial charge in [-0.2, -0.15) is 18.2 Å². The quantitative estimate of drug-likeness (QED) is 0.311. The molecular formula is C26H22F3N3O4. The van der Waals surface area contributed by atoms with Gasteiger partial charge < -0.3 is 14.7 Å². The number of carboxylic acids is 1. The van der Waals surface area contributed by atoms with Crippen LogP contribution in [0.3, 0.4) is 0 Å². The summed E-state index contributed by atoms with van der Waals surface area (Å²) in [7, 11) is 0. The fourth-order valence-electron chi connectivity index (χ4n) is 3.84. The van der Waals surface area contributed by atoms with Gasteiger partial charge in [-0.25, -0.2) is 0 Å². The number of hydrogen-bond acceptors (Lipinski definition) is 6. The van der Waals surface area contributed by atoms with E-state index in [4.69, 9.17) is 9.63 Å². The average Bonchev–Trinajstić information content (AvgIpc) is 3.34. The number of rotatable bonds is 8. The third-order valence-electron chi connectivity index (χ3n) is 5.69. The Kier molecular flexibility index (Phi) is 7.18. The molecule has 1 aromatic heterocycles. The molecule has 0 aliphatic rings. The number of carboxylic acid groups (broad SMARTS) is 1. The summed E-state index contributed by atoms with van der Waals surface area (Å²) in [6.45, 7) is 1.13. The van der Waals surface area contributed by atoms with Crippen LogP contribution >= 0.6 is 0 Å². The van der Waals surface area contributed by atoms with Crippen molar-refractivity contribution < 1.29 is 32.7 Å². The zero-order valence-electron chi connectivity index (χ0n) is 19.1. The van der Waals surface area contributed by atoms with Crippen molar-refractivity contribution in [1.82, 2.24) is 15.5 Å². The molecule has 4 aromatic rings. The predicted molar refractivity (Wildman–Crippen MR) is 126 cm³/mol. The van der Waals surface area contributed by atoms with Crippen LogP contribution in [0.2, 0.25) is 0 Å². The number of aromatic nitrogens is 2. The molecule has 0 aliphatic carbocycles. The predicted octanol–water partition coefficient (Wildman–Crippen LogP) is 5.11. The van der Waals surface area contributed by atoms with Crippen LogP contribution in [0.25, 0.3) is 34.0 Å². The molecule has 0 radical (unpaired) electrons. The van der Waals surface area contributed by atoms with E-state index in [0.717, 1.165) is 11.6 Å². The van der Waals surface area contributed by atoms with E-state index in [1.807, 2.05) is 0 Å². The molecular weight excluding hydrogens is 475 g/mol. The van der Waals surface area contributed by atoms with Crippen LogP contribution in [0.4, 0.5) is 13.2 Å². The smallest absolute Gasteiger partial charge is 0.417 e. The van der Waals surface area contributed by atoms with E-state index in [0.29, 0.717) is 16.7 Å². The molecule has 0 amide bonds. The molecule has 1 heterocycles. The van der Waals surface area contributed by atoms with Crippen molar-refractivity contribution in [3.63, 3.8) is 0 Å². The van der Waals surface area contributed by atoms with Crippen LogP contribution in [-0.4, -0.2) is 39.5 Å². The topological polar surface area (TPSA) is 108 Å². The summed E-state index contributed by atoms with van der Waals surface area (Å²) < 4.78 is 47.1.